The average Bonchev–Trinajstić information content (AvgIpc) is 1.92. The Balaban J connectivity index is 3.61. The Morgan fingerprint density at radius 3 is 2.27 bits per heavy atom. The number of hydrogen-bond acceptors (Lipinski definition) is 2. The zero-order valence-electron chi connectivity index (χ0n) is 9.49. The van der Waals surface area contributed by atoms with Gasteiger partial charge in [-0.2, -0.15) is 0 Å². The highest BCUT2D eigenvalue weighted by molar-refractivity contribution is 7.51. The van der Waals surface area contributed by atoms with Crippen molar-refractivity contribution in [3.8, 4) is 0 Å². The van der Waals surface area contributed by atoms with Crippen molar-refractivity contribution in [1.29, 1.82) is 0 Å². The van der Waals surface area contributed by atoms with Crippen LogP contribution in [0.1, 0.15) is 33.6 Å². The molecule has 0 unspecified atom stereocenters. The molecule has 0 saturated heterocycles. The second-order valence-electron chi connectivity index (χ2n) is 4.83. The van der Waals surface area contributed by atoms with Crippen LogP contribution in [0.4, 0.5) is 0 Å². The molecule has 90 valence electrons. The zero-order chi connectivity index (χ0) is 12.1. The highest BCUT2D eigenvalue weighted by atomic mass is 31.2. The lowest BCUT2D eigenvalue weighted by molar-refractivity contribution is -0.122. The van der Waals surface area contributed by atoms with Gasteiger partial charge >= 0.3 is 7.60 Å². The minimum atomic E-state index is -3.92. The maximum atomic E-state index is 11.3. The van der Waals surface area contributed by atoms with E-state index >= 15 is 0 Å². The molecule has 0 atom stereocenters. The van der Waals surface area contributed by atoms with E-state index < -0.39 is 7.60 Å². The fourth-order valence-corrected chi connectivity index (χ4v) is 1.63. The topological polar surface area (TPSA) is 86.6 Å². The molecule has 0 aliphatic carbocycles. The van der Waals surface area contributed by atoms with Gasteiger partial charge in [-0.3, -0.25) is 9.36 Å². The lowest BCUT2D eigenvalue weighted by atomic mass is 9.92. The van der Waals surface area contributed by atoms with E-state index in [0.29, 0.717) is 19.4 Å². The van der Waals surface area contributed by atoms with Crippen LogP contribution in [0, 0.1) is 5.41 Å². The molecule has 0 spiro atoms. The van der Waals surface area contributed by atoms with Gasteiger partial charge in [0.05, 0.1) is 6.16 Å². The molecule has 0 fully saturated rings. The summed E-state index contributed by atoms with van der Waals surface area (Å²) < 4.78 is 10.5. The van der Waals surface area contributed by atoms with Gasteiger partial charge < -0.3 is 15.1 Å². The van der Waals surface area contributed by atoms with Gasteiger partial charge in [-0.25, -0.2) is 0 Å². The zero-order valence-corrected chi connectivity index (χ0v) is 10.4. The third-order valence-corrected chi connectivity index (χ3v) is 2.54. The number of carbonyl (C=O) groups excluding carboxylic acids is 1. The lowest BCUT2D eigenvalue weighted by Gasteiger charge is -2.17. The van der Waals surface area contributed by atoms with Gasteiger partial charge in [-0.1, -0.05) is 20.8 Å². The lowest BCUT2D eigenvalue weighted by Crippen LogP contribution is -2.28. The van der Waals surface area contributed by atoms with Crippen LogP contribution in [0.25, 0.3) is 0 Å². The van der Waals surface area contributed by atoms with Crippen LogP contribution in [-0.4, -0.2) is 28.4 Å². The molecule has 0 aromatic rings. The first-order valence-corrected chi connectivity index (χ1v) is 6.71. The third-order valence-electron chi connectivity index (χ3n) is 1.64. The molecule has 0 saturated carbocycles. The molecular weight excluding hydrogens is 217 g/mol. The molecular formula is C9H20NO4P. The number of rotatable bonds is 5. The van der Waals surface area contributed by atoms with Crippen LogP contribution in [0.5, 0.6) is 0 Å². The molecule has 3 N–H and O–H groups in total. The molecule has 0 aliphatic rings. The Labute approximate surface area is 90.4 Å². The quantitative estimate of drug-likeness (QED) is 0.493. The molecule has 0 aromatic heterocycles. The van der Waals surface area contributed by atoms with E-state index in [-0.39, 0.29) is 17.5 Å². The van der Waals surface area contributed by atoms with Crippen LogP contribution in [0.2, 0.25) is 0 Å². The largest absolute Gasteiger partial charge is 0.356 e. The second-order valence-corrected chi connectivity index (χ2v) is 6.61. The molecule has 0 heterocycles. The van der Waals surface area contributed by atoms with E-state index in [1.54, 1.807) is 0 Å². The average molecular weight is 237 g/mol. The second kappa shape index (κ2) is 5.64. The molecule has 0 bridgehead atoms. The Bertz CT molecular complexity index is 253. The van der Waals surface area contributed by atoms with Crippen LogP contribution < -0.4 is 5.32 Å². The van der Waals surface area contributed by atoms with Crippen LogP contribution in [0.3, 0.4) is 0 Å². The van der Waals surface area contributed by atoms with Gasteiger partial charge in [-0.15, -0.1) is 0 Å². The van der Waals surface area contributed by atoms with E-state index in [9.17, 15) is 9.36 Å². The maximum absolute atomic E-state index is 11.3. The van der Waals surface area contributed by atoms with Crippen LogP contribution in [-0.2, 0) is 9.36 Å². The van der Waals surface area contributed by atoms with E-state index in [0.717, 1.165) is 0 Å². The predicted octanol–water partition coefficient (Wildman–Crippen LogP) is 1.11. The molecule has 0 aromatic carbocycles. The summed E-state index contributed by atoms with van der Waals surface area (Å²) in [6, 6.07) is 0. The summed E-state index contributed by atoms with van der Waals surface area (Å²) in [5.41, 5.74) is -0.0622. The summed E-state index contributed by atoms with van der Waals surface area (Å²) in [7, 11) is -3.92. The first-order chi connectivity index (χ1) is 6.60. The van der Waals surface area contributed by atoms with Gasteiger partial charge in [0.1, 0.15) is 0 Å². The monoisotopic (exact) mass is 237 g/mol. The molecule has 0 aliphatic heterocycles. The summed E-state index contributed by atoms with van der Waals surface area (Å²) in [6.45, 7) is 6.20. The molecule has 0 rings (SSSR count). The summed E-state index contributed by atoms with van der Waals surface area (Å²) >= 11 is 0. The standard InChI is InChI=1S/C9H20NO4P/c1-9(2,3)7-8(11)10-5-4-6-15(12,13)14/h4-7H2,1-3H3,(H,10,11)(H2,12,13,14). The van der Waals surface area contributed by atoms with Gasteiger partial charge in [0, 0.05) is 13.0 Å². The van der Waals surface area contributed by atoms with E-state index in [1.807, 2.05) is 20.8 Å². The number of carbonyl (C=O) groups is 1. The Morgan fingerprint density at radius 2 is 1.87 bits per heavy atom. The Hall–Kier alpha value is -0.380. The summed E-state index contributed by atoms with van der Waals surface area (Å²) in [5, 5.41) is 2.63. The number of hydrogen-bond donors (Lipinski definition) is 3. The van der Waals surface area contributed by atoms with Crippen LogP contribution >= 0.6 is 7.60 Å². The summed E-state index contributed by atoms with van der Waals surface area (Å²) in [6.07, 6.45) is 0.547. The number of amides is 1. The fourth-order valence-electron chi connectivity index (χ4n) is 1.06. The van der Waals surface area contributed by atoms with Crippen molar-refractivity contribution in [1.82, 2.24) is 5.32 Å². The highest BCUT2D eigenvalue weighted by Crippen LogP contribution is 2.34. The van der Waals surface area contributed by atoms with Gasteiger partial charge in [0.15, 0.2) is 0 Å². The fraction of sp³-hybridized carbons (Fsp3) is 0.889. The molecule has 1 amide bonds. The van der Waals surface area contributed by atoms with Crippen molar-refractivity contribution >= 4 is 13.5 Å². The van der Waals surface area contributed by atoms with Gasteiger partial charge in [-0.05, 0) is 11.8 Å². The minimum absolute atomic E-state index is 0.0622. The third kappa shape index (κ3) is 11.5. The van der Waals surface area contributed by atoms with Crippen molar-refractivity contribution < 1.29 is 19.1 Å². The predicted molar refractivity (Wildman–Crippen MR) is 58.6 cm³/mol. The van der Waals surface area contributed by atoms with Gasteiger partial charge in [0.25, 0.3) is 0 Å². The molecule has 5 nitrogen and oxygen atoms in total. The Kier molecular flexibility index (Phi) is 5.49. The minimum Gasteiger partial charge on any atom is -0.356 e. The van der Waals surface area contributed by atoms with Crippen molar-refractivity contribution in [2.75, 3.05) is 12.7 Å². The van der Waals surface area contributed by atoms with Crippen molar-refractivity contribution in [2.24, 2.45) is 5.41 Å². The van der Waals surface area contributed by atoms with Crippen molar-refractivity contribution in [2.45, 2.75) is 33.6 Å². The van der Waals surface area contributed by atoms with E-state index in [1.165, 1.54) is 0 Å². The normalized spacial score (nSPS) is 12.6. The van der Waals surface area contributed by atoms with E-state index in [2.05, 4.69) is 5.32 Å². The van der Waals surface area contributed by atoms with Gasteiger partial charge in [0.2, 0.25) is 5.91 Å². The van der Waals surface area contributed by atoms with Crippen LogP contribution in [0.15, 0.2) is 0 Å². The highest BCUT2D eigenvalue weighted by Gasteiger charge is 2.16. The molecule has 15 heavy (non-hydrogen) atoms. The summed E-state index contributed by atoms with van der Waals surface area (Å²) in [5.74, 6) is -0.0757. The van der Waals surface area contributed by atoms with E-state index in [4.69, 9.17) is 9.79 Å². The molecule has 0 radical (unpaired) electrons. The first kappa shape index (κ1) is 14.6. The molecule has 6 heteroatoms. The number of nitrogens with one attached hydrogen (secondary N) is 1. The Morgan fingerprint density at radius 1 is 1.33 bits per heavy atom. The van der Waals surface area contributed by atoms with Crippen molar-refractivity contribution in [3.05, 3.63) is 0 Å². The SMILES string of the molecule is CC(C)(C)CC(=O)NCCCP(=O)(O)O. The van der Waals surface area contributed by atoms with Crippen molar-refractivity contribution in [3.63, 3.8) is 0 Å². The summed E-state index contributed by atoms with van der Waals surface area (Å²) in [4.78, 5) is 28.4. The maximum Gasteiger partial charge on any atom is 0.325 e. The first-order valence-electron chi connectivity index (χ1n) is 4.91. The smallest absolute Gasteiger partial charge is 0.325 e.